The summed E-state index contributed by atoms with van der Waals surface area (Å²) < 4.78 is 5.44. The van der Waals surface area contributed by atoms with Crippen molar-refractivity contribution in [3.63, 3.8) is 0 Å². The number of rotatable bonds is 7. The molecule has 0 radical (unpaired) electrons. The van der Waals surface area contributed by atoms with Gasteiger partial charge in [-0.2, -0.15) is 0 Å². The average molecular weight is 307 g/mol. The molecule has 1 aromatic rings. The minimum atomic E-state index is -0.602. The van der Waals surface area contributed by atoms with Crippen LogP contribution in [0, 0.1) is 5.92 Å². The smallest absolute Gasteiger partial charge is 0.255 e. The summed E-state index contributed by atoms with van der Waals surface area (Å²) in [6, 6.07) is 1.89. The predicted molar refractivity (Wildman–Crippen MR) is 83.5 cm³/mol. The van der Waals surface area contributed by atoms with Gasteiger partial charge in [0, 0.05) is 17.8 Å². The molecule has 0 bridgehead atoms. The maximum atomic E-state index is 10.9. The van der Waals surface area contributed by atoms with E-state index in [2.05, 4.69) is 24.1 Å². The van der Waals surface area contributed by atoms with E-state index in [-0.39, 0.29) is 12.6 Å². The van der Waals surface area contributed by atoms with Crippen molar-refractivity contribution in [3.8, 4) is 5.88 Å². The van der Waals surface area contributed by atoms with E-state index < -0.39 is 12.0 Å². The van der Waals surface area contributed by atoms with Crippen molar-refractivity contribution in [1.29, 1.82) is 0 Å². The van der Waals surface area contributed by atoms with Gasteiger partial charge in [0.25, 0.3) is 5.91 Å². The lowest BCUT2D eigenvalue weighted by atomic mass is 9.92. The summed E-state index contributed by atoms with van der Waals surface area (Å²) in [5.41, 5.74) is 6.82. The molecule has 1 fully saturated rings. The summed E-state index contributed by atoms with van der Waals surface area (Å²) in [4.78, 5) is 15.2. The van der Waals surface area contributed by atoms with E-state index in [1.54, 1.807) is 6.20 Å². The van der Waals surface area contributed by atoms with E-state index in [1.165, 1.54) is 0 Å². The highest BCUT2D eigenvalue weighted by molar-refractivity contribution is 5.75. The molecule has 0 saturated carbocycles. The summed E-state index contributed by atoms with van der Waals surface area (Å²) in [7, 11) is 0. The highest BCUT2D eigenvalue weighted by Crippen LogP contribution is 2.31. The molecule has 4 N–H and O–H groups in total. The summed E-state index contributed by atoms with van der Waals surface area (Å²) in [5, 5.41) is 14.0. The molecule has 0 aromatic carbocycles. The van der Waals surface area contributed by atoms with Gasteiger partial charge in [0.2, 0.25) is 5.88 Å². The minimum Gasteiger partial charge on any atom is -0.467 e. The van der Waals surface area contributed by atoms with E-state index in [1.807, 2.05) is 6.07 Å². The monoisotopic (exact) mass is 307 g/mol. The van der Waals surface area contributed by atoms with Gasteiger partial charge in [0.05, 0.1) is 6.10 Å². The van der Waals surface area contributed by atoms with Gasteiger partial charge in [0.15, 0.2) is 6.61 Å². The molecule has 2 atom stereocenters. The Morgan fingerprint density at radius 3 is 2.95 bits per heavy atom. The molecule has 6 nitrogen and oxygen atoms in total. The van der Waals surface area contributed by atoms with Crippen molar-refractivity contribution in [3.05, 3.63) is 23.4 Å². The number of ether oxygens (including phenoxy) is 1. The molecular weight excluding hydrogens is 282 g/mol. The Hall–Kier alpha value is -1.66. The van der Waals surface area contributed by atoms with Gasteiger partial charge >= 0.3 is 0 Å². The lowest BCUT2D eigenvalue weighted by molar-refractivity contribution is -0.120. The van der Waals surface area contributed by atoms with Crippen LogP contribution in [-0.2, 0) is 11.2 Å². The molecule has 22 heavy (non-hydrogen) atoms. The number of carbonyl (C=O) groups excluding carboxylic acids is 1. The number of amides is 1. The average Bonchev–Trinajstić information content (AvgIpc) is 2.98. The van der Waals surface area contributed by atoms with Crippen LogP contribution in [0.15, 0.2) is 12.3 Å². The standard InChI is InChI=1S/C16H25N3O3/c1-10(2)8-12-11(15(21)13-4-3-6-18-13)5-7-19-16(12)22-9-14(17)20/h5,7,10,13,15,18,21H,3-4,6,8-9H2,1-2H3,(H2,17,20)/t13-,15-/m0/s1. The molecule has 0 spiro atoms. The Kier molecular flexibility index (Phi) is 5.74. The zero-order valence-corrected chi connectivity index (χ0v) is 13.2. The number of nitrogens with zero attached hydrogens (tertiary/aromatic N) is 1. The molecule has 1 saturated heterocycles. The Balaban J connectivity index is 2.29. The lowest BCUT2D eigenvalue weighted by Gasteiger charge is -2.23. The van der Waals surface area contributed by atoms with Crippen LogP contribution in [0.25, 0.3) is 0 Å². The Bertz CT molecular complexity index is 513. The Labute approximate surface area is 131 Å². The SMILES string of the molecule is CC(C)Cc1c([C@H](O)[C@@H]2CCCN2)ccnc1OCC(N)=O. The van der Waals surface area contributed by atoms with Crippen LogP contribution in [0.1, 0.15) is 43.9 Å². The van der Waals surface area contributed by atoms with Gasteiger partial charge in [-0.3, -0.25) is 4.79 Å². The van der Waals surface area contributed by atoms with E-state index in [9.17, 15) is 9.90 Å². The van der Waals surface area contributed by atoms with Gasteiger partial charge in [0.1, 0.15) is 0 Å². The number of aromatic nitrogens is 1. The van der Waals surface area contributed by atoms with E-state index in [0.717, 1.165) is 36.9 Å². The Morgan fingerprint density at radius 1 is 1.59 bits per heavy atom. The topological polar surface area (TPSA) is 97.5 Å². The zero-order chi connectivity index (χ0) is 16.1. The number of nitrogens with one attached hydrogen (secondary N) is 1. The number of primary amides is 1. The second-order valence-corrected chi connectivity index (χ2v) is 6.18. The number of aliphatic hydroxyl groups excluding tert-OH is 1. The maximum Gasteiger partial charge on any atom is 0.255 e. The predicted octanol–water partition coefficient (Wildman–Crippen LogP) is 0.930. The van der Waals surface area contributed by atoms with Crippen molar-refractivity contribution in [2.24, 2.45) is 11.7 Å². The fourth-order valence-corrected chi connectivity index (χ4v) is 2.84. The minimum absolute atomic E-state index is 0.0531. The molecule has 122 valence electrons. The van der Waals surface area contributed by atoms with Crippen molar-refractivity contribution < 1.29 is 14.6 Å². The summed E-state index contributed by atoms with van der Waals surface area (Å²) in [5.74, 6) is 0.227. The van der Waals surface area contributed by atoms with Gasteiger partial charge < -0.3 is 20.9 Å². The van der Waals surface area contributed by atoms with E-state index in [4.69, 9.17) is 10.5 Å². The molecule has 0 unspecified atom stereocenters. The molecule has 2 heterocycles. The number of carbonyl (C=O) groups is 1. The molecule has 2 rings (SSSR count). The zero-order valence-electron chi connectivity index (χ0n) is 13.2. The summed E-state index contributed by atoms with van der Waals surface area (Å²) in [6.07, 6.45) is 3.74. The van der Waals surface area contributed by atoms with Crippen LogP contribution in [0.4, 0.5) is 0 Å². The first-order valence-corrected chi connectivity index (χ1v) is 7.79. The fraction of sp³-hybridized carbons (Fsp3) is 0.625. The van der Waals surface area contributed by atoms with Gasteiger partial charge in [-0.05, 0) is 43.4 Å². The summed E-state index contributed by atoms with van der Waals surface area (Å²) in [6.45, 7) is 4.90. The number of aliphatic hydroxyl groups is 1. The van der Waals surface area contributed by atoms with Crippen molar-refractivity contribution in [1.82, 2.24) is 10.3 Å². The second-order valence-electron chi connectivity index (χ2n) is 6.18. The molecule has 1 aromatic heterocycles. The number of hydrogen-bond donors (Lipinski definition) is 3. The molecular formula is C16H25N3O3. The van der Waals surface area contributed by atoms with Crippen LogP contribution >= 0.6 is 0 Å². The molecule has 1 aliphatic rings. The van der Waals surface area contributed by atoms with Crippen molar-refractivity contribution >= 4 is 5.91 Å². The van der Waals surface area contributed by atoms with Crippen LogP contribution in [0.5, 0.6) is 5.88 Å². The van der Waals surface area contributed by atoms with Gasteiger partial charge in [-0.15, -0.1) is 0 Å². The van der Waals surface area contributed by atoms with Gasteiger partial charge in [-0.25, -0.2) is 4.98 Å². The van der Waals surface area contributed by atoms with E-state index >= 15 is 0 Å². The second kappa shape index (κ2) is 7.56. The lowest BCUT2D eigenvalue weighted by Crippen LogP contribution is -2.30. The first-order valence-electron chi connectivity index (χ1n) is 7.79. The number of pyridine rings is 1. The third-order valence-electron chi connectivity index (χ3n) is 3.81. The fourth-order valence-electron chi connectivity index (χ4n) is 2.84. The third kappa shape index (κ3) is 4.18. The van der Waals surface area contributed by atoms with Crippen LogP contribution in [0.3, 0.4) is 0 Å². The van der Waals surface area contributed by atoms with Crippen LogP contribution in [0.2, 0.25) is 0 Å². The third-order valence-corrected chi connectivity index (χ3v) is 3.81. The van der Waals surface area contributed by atoms with Gasteiger partial charge in [-0.1, -0.05) is 13.8 Å². The van der Waals surface area contributed by atoms with Crippen LogP contribution < -0.4 is 15.8 Å². The number of nitrogens with two attached hydrogens (primary N) is 1. The first kappa shape index (κ1) is 16.7. The maximum absolute atomic E-state index is 10.9. The molecule has 1 aliphatic heterocycles. The number of hydrogen-bond acceptors (Lipinski definition) is 5. The molecule has 6 heteroatoms. The molecule has 1 amide bonds. The Morgan fingerprint density at radius 2 is 2.36 bits per heavy atom. The van der Waals surface area contributed by atoms with E-state index in [0.29, 0.717) is 11.8 Å². The summed E-state index contributed by atoms with van der Waals surface area (Å²) >= 11 is 0. The highest BCUT2D eigenvalue weighted by Gasteiger charge is 2.27. The van der Waals surface area contributed by atoms with Crippen molar-refractivity contribution in [2.45, 2.75) is 45.3 Å². The quantitative estimate of drug-likeness (QED) is 0.696. The normalized spacial score (nSPS) is 19.4. The molecule has 0 aliphatic carbocycles. The first-order chi connectivity index (χ1) is 10.5. The largest absolute Gasteiger partial charge is 0.467 e. The van der Waals surface area contributed by atoms with Crippen molar-refractivity contribution in [2.75, 3.05) is 13.2 Å². The highest BCUT2D eigenvalue weighted by atomic mass is 16.5. The van der Waals surface area contributed by atoms with Crippen LogP contribution in [-0.4, -0.2) is 35.2 Å².